The molecule has 1 unspecified atom stereocenters. The maximum Gasteiger partial charge on any atom is 0.123 e. The molecule has 0 saturated carbocycles. The third kappa shape index (κ3) is 2.72. The molecule has 1 N–H and O–H groups in total. The molecule has 1 aliphatic heterocycles. The Kier molecular flexibility index (Phi) is 3.43. The average molecular weight is 211 g/mol. The summed E-state index contributed by atoms with van der Waals surface area (Å²) in [5.74, 6) is 1.04. The zero-order valence-corrected chi connectivity index (χ0v) is 8.82. The van der Waals surface area contributed by atoms with Gasteiger partial charge in [0.15, 0.2) is 0 Å². The second-order valence-electron chi connectivity index (χ2n) is 3.53. The van der Waals surface area contributed by atoms with E-state index in [9.17, 15) is 4.39 Å². The summed E-state index contributed by atoms with van der Waals surface area (Å²) >= 11 is 2.01. The fourth-order valence-electron chi connectivity index (χ4n) is 1.63. The number of halogens is 1. The van der Waals surface area contributed by atoms with Crippen molar-refractivity contribution < 1.29 is 4.39 Å². The van der Waals surface area contributed by atoms with E-state index in [4.69, 9.17) is 0 Å². The summed E-state index contributed by atoms with van der Waals surface area (Å²) in [5, 5.41) is 4.02. The Bertz CT molecular complexity index is 280. The Balaban J connectivity index is 1.92. The second-order valence-corrected chi connectivity index (χ2v) is 4.94. The molecule has 1 aromatic carbocycles. The molecule has 1 atom stereocenters. The number of thioether (sulfide) groups is 1. The minimum Gasteiger partial charge on any atom is -0.315 e. The maximum atomic E-state index is 12.6. The predicted molar refractivity (Wildman–Crippen MR) is 59.2 cm³/mol. The Morgan fingerprint density at radius 1 is 1.36 bits per heavy atom. The third-order valence-corrected chi connectivity index (χ3v) is 3.63. The van der Waals surface area contributed by atoms with Crippen molar-refractivity contribution in [2.45, 2.75) is 11.7 Å². The van der Waals surface area contributed by atoms with Crippen LogP contribution in [0.25, 0.3) is 0 Å². The van der Waals surface area contributed by atoms with Crippen LogP contribution in [0.4, 0.5) is 4.39 Å². The Morgan fingerprint density at radius 2 is 2.14 bits per heavy atom. The van der Waals surface area contributed by atoms with Gasteiger partial charge in [-0.05, 0) is 24.1 Å². The van der Waals surface area contributed by atoms with Gasteiger partial charge in [-0.25, -0.2) is 4.39 Å². The lowest BCUT2D eigenvalue weighted by molar-refractivity contribution is 0.625. The first-order valence-corrected chi connectivity index (χ1v) is 5.96. The highest BCUT2D eigenvalue weighted by Gasteiger charge is 2.13. The SMILES string of the molecule is Fc1ccc(CC2CNCCS2)cc1. The van der Waals surface area contributed by atoms with Gasteiger partial charge in [-0.15, -0.1) is 0 Å². The minimum atomic E-state index is -0.150. The highest BCUT2D eigenvalue weighted by atomic mass is 32.2. The molecule has 0 amide bonds. The van der Waals surface area contributed by atoms with Crippen molar-refractivity contribution >= 4 is 11.8 Å². The van der Waals surface area contributed by atoms with E-state index in [0.29, 0.717) is 5.25 Å². The lowest BCUT2D eigenvalue weighted by Gasteiger charge is -2.22. The summed E-state index contributed by atoms with van der Waals surface area (Å²) in [6.45, 7) is 2.19. The third-order valence-electron chi connectivity index (χ3n) is 2.38. The first-order valence-electron chi connectivity index (χ1n) is 4.91. The summed E-state index contributed by atoms with van der Waals surface area (Å²) in [6, 6.07) is 6.83. The van der Waals surface area contributed by atoms with Crippen molar-refractivity contribution in [2.24, 2.45) is 0 Å². The standard InChI is InChI=1S/C11H14FNS/c12-10-3-1-9(2-4-10)7-11-8-13-5-6-14-11/h1-4,11,13H,5-8H2. The Labute approximate surface area is 88.1 Å². The molecule has 1 heterocycles. The van der Waals surface area contributed by atoms with E-state index < -0.39 is 0 Å². The fraction of sp³-hybridized carbons (Fsp3) is 0.455. The summed E-state index contributed by atoms with van der Waals surface area (Å²) in [7, 11) is 0. The Morgan fingerprint density at radius 3 is 2.79 bits per heavy atom. The molecule has 0 bridgehead atoms. The highest BCUT2D eigenvalue weighted by molar-refractivity contribution is 8.00. The first kappa shape index (κ1) is 9.99. The van der Waals surface area contributed by atoms with Gasteiger partial charge in [0, 0.05) is 24.1 Å². The fourth-order valence-corrected chi connectivity index (χ4v) is 2.78. The van der Waals surface area contributed by atoms with E-state index >= 15 is 0 Å². The van der Waals surface area contributed by atoms with Gasteiger partial charge in [0.2, 0.25) is 0 Å². The molecule has 1 aromatic rings. The maximum absolute atomic E-state index is 12.6. The molecule has 1 saturated heterocycles. The van der Waals surface area contributed by atoms with Crippen LogP contribution in [0.2, 0.25) is 0 Å². The smallest absolute Gasteiger partial charge is 0.123 e. The van der Waals surface area contributed by atoms with E-state index in [1.807, 2.05) is 23.9 Å². The van der Waals surface area contributed by atoms with Crippen LogP contribution in [0.1, 0.15) is 5.56 Å². The van der Waals surface area contributed by atoms with Crippen LogP contribution in [-0.2, 0) is 6.42 Å². The molecule has 1 aliphatic rings. The van der Waals surface area contributed by atoms with Crippen LogP contribution < -0.4 is 5.32 Å². The van der Waals surface area contributed by atoms with Crippen molar-refractivity contribution in [3.05, 3.63) is 35.6 Å². The van der Waals surface area contributed by atoms with E-state index in [-0.39, 0.29) is 5.82 Å². The monoisotopic (exact) mass is 211 g/mol. The molecule has 1 fully saturated rings. The lowest BCUT2D eigenvalue weighted by atomic mass is 10.1. The molecule has 0 aromatic heterocycles. The zero-order valence-electron chi connectivity index (χ0n) is 8.00. The van der Waals surface area contributed by atoms with Gasteiger partial charge >= 0.3 is 0 Å². The Hall–Kier alpha value is -0.540. The summed E-state index contributed by atoms with van der Waals surface area (Å²) in [6.07, 6.45) is 1.04. The molecular weight excluding hydrogens is 197 g/mol. The number of hydrogen-bond donors (Lipinski definition) is 1. The number of hydrogen-bond acceptors (Lipinski definition) is 2. The number of benzene rings is 1. The molecule has 1 nitrogen and oxygen atoms in total. The quantitative estimate of drug-likeness (QED) is 0.803. The van der Waals surface area contributed by atoms with Crippen molar-refractivity contribution in [3.63, 3.8) is 0 Å². The van der Waals surface area contributed by atoms with Crippen LogP contribution in [0, 0.1) is 5.82 Å². The molecule has 2 rings (SSSR count). The molecular formula is C11H14FNS. The van der Waals surface area contributed by atoms with Crippen molar-refractivity contribution in [1.82, 2.24) is 5.32 Å². The molecule has 76 valence electrons. The second kappa shape index (κ2) is 4.80. The van der Waals surface area contributed by atoms with Crippen LogP contribution >= 0.6 is 11.8 Å². The van der Waals surface area contributed by atoms with Crippen molar-refractivity contribution in [1.29, 1.82) is 0 Å². The largest absolute Gasteiger partial charge is 0.315 e. The highest BCUT2D eigenvalue weighted by Crippen LogP contribution is 2.18. The molecule has 0 radical (unpaired) electrons. The molecule has 3 heteroatoms. The molecule has 0 spiro atoms. The van der Waals surface area contributed by atoms with Crippen LogP contribution in [0.3, 0.4) is 0 Å². The van der Waals surface area contributed by atoms with Crippen LogP contribution in [-0.4, -0.2) is 24.1 Å². The van der Waals surface area contributed by atoms with E-state index in [1.165, 1.54) is 23.4 Å². The first-order chi connectivity index (χ1) is 6.84. The van der Waals surface area contributed by atoms with Gasteiger partial charge in [0.25, 0.3) is 0 Å². The minimum absolute atomic E-state index is 0.150. The molecule has 0 aliphatic carbocycles. The van der Waals surface area contributed by atoms with E-state index in [0.717, 1.165) is 19.5 Å². The topological polar surface area (TPSA) is 12.0 Å². The molecule has 14 heavy (non-hydrogen) atoms. The van der Waals surface area contributed by atoms with Gasteiger partial charge in [0.1, 0.15) is 5.82 Å². The summed E-state index contributed by atoms with van der Waals surface area (Å²) in [5.41, 5.74) is 1.23. The van der Waals surface area contributed by atoms with Gasteiger partial charge in [-0.2, -0.15) is 11.8 Å². The predicted octanol–water partition coefficient (Wildman–Crippen LogP) is 2.07. The van der Waals surface area contributed by atoms with Gasteiger partial charge in [-0.3, -0.25) is 0 Å². The van der Waals surface area contributed by atoms with Gasteiger partial charge in [0.05, 0.1) is 0 Å². The summed E-state index contributed by atoms with van der Waals surface area (Å²) in [4.78, 5) is 0. The van der Waals surface area contributed by atoms with Gasteiger partial charge < -0.3 is 5.32 Å². The van der Waals surface area contributed by atoms with Gasteiger partial charge in [-0.1, -0.05) is 12.1 Å². The summed E-state index contributed by atoms with van der Waals surface area (Å²) < 4.78 is 12.6. The average Bonchev–Trinajstić information content (AvgIpc) is 2.23. The van der Waals surface area contributed by atoms with Crippen molar-refractivity contribution in [3.8, 4) is 0 Å². The number of rotatable bonds is 2. The zero-order chi connectivity index (χ0) is 9.80. The van der Waals surface area contributed by atoms with E-state index in [1.54, 1.807) is 0 Å². The number of nitrogens with one attached hydrogen (secondary N) is 1. The lowest BCUT2D eigenvalue weighted by Crippen LogP contribution is -2.33. The van der Waals surface area contributed by atoms with Crippen LogP contribution in [0.15, 0.2) is 24.3 Å². The van der Waals surface area contributed by atoms with E-state index in [2.05, 4.69) is 5.32 Å². The normalized spacial score (nSPS) is 22.2. The van der Waals surface area contributed by atoms with Crippen LogP contribution in [0.5, 0.6) is 0 Å². The van der Waals surface area contributed by atoms with Crippen molar-refractivity contribution in [2.75, 3.05) is 18.8 Å².